The molecule has 1 fully saturated rings. The van der Waals surface area contributed by atoms with Crippen LogP contribution in [-0.2, 0) is 0 Å². The third-order valence-electron chi connectivity index (χ3n) is 3.25. The summed E-state index contributed by atoms with van der Waals surface area (Å²) >= 11 is 0. The molecule has 2 heteroatoms. The van der Waals surface area contributed by atoms with E-state index in [0.717, 1.165) is 18.2 Å². The Balaban J connectivity index is 1.73. The van der Waals surface area contributed by atoms with Gasteiger partial charge in [0.15, 0.2) is 0 Å². The Morgan fingerprint density at radius 3 is 2.93 bits per heavy atom. The first-order valence-electron chi connectivity index (χ1n) is 6.01. The number of hydrogen-bond donors (Lipinski definition) is 1. The Kier molecular flexibility index (Phi) is 3.59. The van der Waals surface area contributed by atoms with E-state index in [-0.39, 0.29) is 0 Å². The zero-order valence-corrected chi connectivity index (χ0v) is 9.50. The van der Waals surface area contributed by atoms with Crippen molar-refractivity contribution in [2.24, 2.45) is 5.92 Å². The number of aromatic nitrogens is 1. The highest BCUT2D eigenvalue weighted by molar-refractivity contribution is 5.42. The van der Waals surface area contributed by atoms with Gasteiger partial charge >= 0.3 is 0 Å². The standard InChI is InChI=1S/C13H20N2/c1-11-10-13(7-9-14-11)15-8-6-12-4-2-3-5-12/h7,9-10,12H,2-6,8H2,1H3,(H,14,15). The van der Waals surface area contributed by atoms with Gasteiger partial charge < -0.3 is 5.32 Å². The molecule has 1 aromatic heterocycles. The van der Waals surface area contributed by atoms with Crippen molar-refractivity contribution in [3.63, 3.8) is 0 Å². The first-order valence-corrected chi connectivity index (χ1v) is 6.01. The Hall–Kier alpha value is -1.05. The molecule has 0 aromatic carbocycles. The van der Waals surface area contributed by atoms with E-state index in [1.807, 2.05) is 19.2 Å². The predicted molar refractivity (Wildman–Crippen MR) is 64.0 cm³/mol. The van der Waals surface area contributed by atoms with E-state index in [4.69, 9.17) is 0 Å². The number of nitrogens with one attached hydrogen (secondary N) is 1. The van der Waals surface area contributed by atoms with E-state index in [1.165, 1.54) is 37.8 Å². The highest BCUT2D eigenvalue weighted by Gasteiger charge is 2.13. The van der Waals surface area contributed by atoms with E-state index in [2.05, 4.69) is 16.4 Å². The van der Waals surface area contributed by atoms with Crippen LogP contribution in [0.3, 0.4) is 0 Å². The molecular weight excluding hydrogens is 184 g/mol. The number of rotatable bonds is 4. The SMILES string of the molecule is Cc1cc(NCCC2CCCC2)ccn1. The Labute approximate surface area is 92.1 Å². The van der Waals surface area contributed by atoms with Crippen molar-refractivity contribution >= 4 is 5.69 Å². The van der Waals surface area contributed by atoms with Gasteiger partial charge in [-0.15, -0.1) is 0 Å². The first kappa shape index (κ1) is 10.5. The zero-order valence-electron chi connectivity index (χ0n) is 9.50. The fourth-order valence-corrected chi connectivity index (χ4v) is 2.38. The summed E-state index contributed by atoms with van der Waals surface area (Å²) in [6, 6.07) is 4.15. The van der Waals surface area contributed by atoms with Crippen LogP contribution in [0.15, 0.2) is 18.3 Å². The van der Waals surface area contributed by atoms with Gasteiger partial charge in [-0.25, -0.2) is 0 Å². The van der Waals surface area contributed by atoms with E-state index >= 15 is 0 Å². The smallest absolute Gasteiger partial charge is 0.0393 e. The second-order valence-electron chi connectivity index (χ2n) is 4.55. The summed E-state index contributed by atoms with van der Waals surface area (Å²) in [7, 11) is 0. The van der Waals surface area contributed by atoms with Gasteiger partial charge in [0.25, 0.3) is 0 Å². The molecule has 0 aliphatic heterocycles. The van der Waals surface area contributed by atoms with Gasteiger partial charge in [-0.2, -0.15) is 0 Å². The number of pyridine rings is 1. The van der Waals surface area contributed by atoms with Crippen LogP contribution in [0, 0.1) is 12.8 Å². The van der Waals surface area contributed by atoms with Gasteiger partial charge in [0.05, 0.1) is 0 Å². The maximum atomic E-state index is 4.19. The minimum absolute atomic E-state index is 0.973. The van der Waals surface area contributed by atoms with Crippen molar-refractivity contribution in [3.8, 4) is 0 Å². The summed E-state index contributed by atoms with van der Waals surface area (Å²) in [6.07, 6.45) is 8.96. The van der Waals surface area contributed by atoms with Crippen LogP contribution in [0.2, 0.25) is 0 Å². The molecule has 82 valence electrons. The normalized spacial score (nSPS) is 16.9. The number of nitrogens with zero attached hydrogens (tertiary/aromatic N) is 1. The lowest BCUT2D eigenvalue weighted by molar-refractivity contribution is 0.518. The Morgan fingerprint density at radius 1 is 1.40 bits per heavy atom. The average Bonchev–Trinajstić information content (AvgIpc) is 2.71. The fraction of sp³-hybridized carbons (Fsp3) is 0.615. The molecule has 1 heterocycles. The van der Waals surface area contributed by atoms with Gasteiger partial charge in [0, 0.05) is 24.1 Å². The van der Waals surface area contributed by atoms with Gasteiger partial charge in [-0.3, -0.25) is 4.98 Å². The molecule has 0 unspecified atom stereocenters. The van der Waals surface area contributed by atoms with Crippen molar-refractivity contribution in [3.05, 3.63) is 24.0 Å². The second-order valence-corrected chi connectivity index (χ2v) is 4.55. The average molecular weight is 204 g/mol. The van der Waals surface area contributed by atoms with Gasteiger partial charge in [-0.1, -0.05) is 25.7 Å². The van der Waals surface area contributed by atoms with Gasteiger partial charge in [0.2, 0.25) is 0 Å². The Morgan fingerprint density at radius 2 is 2.20 bits per heavy atom. The molecule has 1 aliphatic carbocycles. The van der Waals surface area contributed by atoms with Crippen LogP contribution < -0.4 is 5.32 Å². The Bertz CT molecular complexity index is 303. The van der Waals surface area contributed by atoms with E-state index < -0.39 is 0 Å². The summed E-state index contributed by atoms with van der Waals surface area (Å²) in [5, 5.41) is 3.47. The van der Waals surface area contributed by atoms with Crippen LogP contribution in [0.4, 0.5) is 5.69 Å². The number of anilines is 1. The molecule has 1 saturated carbocycles. The van der Waals surface area contributed by atoms with Crippen molar-refractivity contribution in [1.29, 1.82) is 0 Å². The summed E-state index contributed by atoms with van der Waals surface area (Å²) < 4.78 is 0. The summed E-state index contributed by atoms with van der Waals surface area (Å²) in [6.45, 7) is 3.14. The lowest BCUT2D eigenvalue weighted by Gasteiger charge is -2.10. The third-order valence-corrected chi connectivity index (χ3v) is 3.25. The molecular formula is C13H20N2. The lowest BCUT2D eigenvalue weighted by atomic mass is 10.0. The molecule has 1 aromatic rings. The zero-order chi connectivity index (χ0) is 10.5. The molecule has 0 bridgehead atoms. The summed E-state index contributed by atoms with van der Waals surface area (Å²) in [4.78, 5) is 4.19. The first-order chi connectivity index (χ1) is 7.34. The van der Waals surface area contributed by atoms with E-state index in [9.17, 15) is 0 Å². The monoisotopic (exact) mass is 204 g/mol. The fourth-order valence-electron chi connectivity index (χ4n) is 2.38. The molecule has 2 nitrogen and oxygen atoms in total. The molecule has 0 spiro atoms. The summed E-state index contributed by atoms with van der Waals surface area (Å²) in [5.41, 5.74) is 2.29. The topological polar surface area (TPSA) is 24.9 Å². The molecule has 15 heavy (non-hydrogen) atoms. The van der Waals surface area contributed by atoms with Crippen LogP contribution >= 0.6 is 0 Å². The minimum Gasteiger partial charge on any atom is -0.385 e. The maximum Gasteiger partial charge on any atom is 0.0393 e. The minimum atomic E-state index is 0.973. The second kappa shape index (κ2) is 5.15. The molecule has 0 radical (unpaired) electrons. The summed E-state index contributed by atoms with van der Waals surface area (Å²) in [5.74, 6) is 0.973. The predicted octanol–water partition coefficient (Wildman–Crippen LogP) is 3.38. The third kappa shape index (κ3) is 3.22. The lowest BCUT2D eigenvalue weighted by Crippen LogP contribution is -2.06. The van der Waals surface area contributed by atoms with Crippen molar-refractivity contribution < 1.29 is 0 Å². The molecule has 0 amide bonds. The van der Waals surface area contributed by atoms with Gasteiger partial charge in [0.1, 0.15) is 0 Å². The van der Waals surface area contributed by atoms with E-state index in [0.29, 0.717) is 0 Å². The highest BCUT2D eigenvalue weighted by Crippen LogP contribution is 2.27. The maximum absolute atomic E-state index is 4.19. The quantitative estimate of drug-likeness (QED) is 0.813. The molecule has 1 aliphatic rings. The van der Waals surface area contributed by atoms with E-state index in [1.54, 1.807) is 0 Å². The number of hydrogen-bond acceptors (Lipinski definition) is 2. The largest absolute Gasteiger partial charge is 0.385 e. The van der Waals surface area contributed by atoms with Crippen LogP contribution in [0.1, 0.15) is 37.8 Å². The molecule has 0 atom stereocenters. The molecule has 0 saturated heterocycles. The van der Waals surface area contributed by atoms with Gasteiger partial charge in [-0.05, 0) is 31.4 Å². The van der Waals surface area contributed by atoms with Crippen LogP contribution in [0.25, 0.3) is 0 Å². The van der Waals surface area contributed by atoms with Crippen molar-refractivity contribution in [1.82, 2.24) is 4.98 Å². The number of aryl methyl sites for hydroxylation is 1. The van der Waals surface area contributed by atoms with Crippen molar-refractivity contribution in [2.45, 2.75) is 39.0 Å². The molecule has 1 N–H and O–H groups in total. The highest BCUT2D eigenvalue weighted by atomic mass is 14.9. The molecule has 2 rings (SSSR count). The van der Waals surface area contributed by atoms with Crippen molar-refractivity contribution in [2.75, 3.05) is 11.9 Å². The van der Waals surface area contributed by atoms with Crippen LogP contribution in [0.5, 0.6) is 0 Å². The van der Waals surface area contributed by atoms with Crippen LogP contribution in [-0.4, -0.2) is 11.5 Å².